The van der Waals surface area contributed by atoms with Gasteiger partial charge >= 0.3 is 5.97 Å². The summed E-state index contributed by atoms with van der Waals surface area (Å²) in [6.07, 6.45) is 1.19. The van der Waals surface area contributed by atoms with E-state index in [4.69, 9.17) is 33.7 Å². The van der Waals surface area contributed by atoms with Gasteiger partial charge in [0.05, 0.1) is 16.9 Å². The number of benzene rings is 1. The number of carboxylic acids is 1. The number of carbonyl (C=O) groups is 1. The SMILES string of the molecule is Cc1cc(SCc2cn(O)c(=N)c(C(=O)O)n2)c(Cl)cc1Cl. The van der Waals surface area contributed by atoms with E-state index in [-0.39, 0.29) is 5.75 Å². The molecule has 2 aromatic rings. The summed E-state index contributed by atoms with van der Waals surface area (Å²) in [4.78, 5) is 15.6. The van der Waals surface area contributed by atoms with Crippen molar-refractivity contribution in [2.45, 2.75) is 17.6 Å². The van der Waals surface area contributed by atoms with Crippen molar-refractivity contribution in [1.82, 2.24) is 9.71 Å². The molecule has 0 fully saturated rings. The molecule has 1 heterocycles. The normalized spacial score (nSPS) is 10.7. The Hall–Kier alpha value is -1.70. The topological polar surface area (TPSA) is 99.2 Å². The highest BCUT2D eigenvalue weighted by Gasteiger charge is 2.13. The summed E-state index contributed by atoms with van der Waals surface area (Å²) in [6, 6.07) is 3.45. The van der Waals surface area contributed by atoms with Gasteiger partial charge in [-0.1, -0.05) is 23.2 Å². The number of rotatable bonds is 4. The van der Waals surface area contributed by atoms with Crippen molar-refractivity contribution in [2.75, 3.05) is 0 Å². The number of hydrogen-bond donors (Lipinski definition) is 3. The zero-order chi connectivity index (χ0) is 16.4. The molecular formula is C13H11Cl2N3O3S. The fourth-order valence-corrected chi connectivity index (χ4v) is 3.10. The molecule has 0 spiro atoms. The Morgan fingerprint density at radius 2 is 2.09 bits per heavy atom. The standard InChI is InChI=1S/C13H11Cl2N3O3S/c1-6-2-10(9(15)3-8(6)14)22-5-7-4-18(21)12(16)11(17-7)13(19)20/h2-4,16,21H,5H2,1H3,(H,19,20). The molecule has 0 radical (unpaired) electrons. The van der Waals surface area contributed by atoms with Crippen molar-refractivity contribution < 1.29 is 15.1 Å². The molecular weight excluding hydrogens is 349 g/mol. The van der Waals surface area contributed by atoms with Crippen LogP contribution in [0.25, 0.3) is 0 Å². The van der Waals surface area contributed by atoms with Crippen molar-refractivity contribution in [3.8, 4) is 0 Å². The molecule has 0 aliphatic heterocycles. The first-order valence-electron chi connectivity index (χ1n) is 5.97. The van der Waals surface area contributed by atoms with Gasteiger partial charge in [-0.05, 0) is 24.6 Å². The Morgan fingerprint density at radius 3 is 2.73 bits per heavy atom. The van der Waals surface area contributed by atoms with Gasteiger partial charge in [-0.3, -0.25) is 5.41 Å². The van der Waals surface area contributed by atoms with Crippen LogP contribution in [0.4, 0.5) is 0 Å². The lowest BCUT2D eigenvalue weighted by atomic mass is 10.2. The second kappa shape index (κ2) is 6.60. The average molecular weight is 360 g/mol. The number of nitrogens with zero attached hydrogens (tertiary/aromatic N) is 2. The maximum atomic E-state index is 11.0. The number of carboxylic acid groups (broad SMARTS) is 1. The monoisotopic (exact) mass is 359 g/mol. The summed E-state index contributed by atoms with van der Waals surface area (Å²) in [7, 11) is 0. The summed E-state index contributed by atoms with van der Waals surface area (Å²) in [6.45, 7) is 1.85. The van der Waals surface area contributed by atoms with Gasteiger partial charge in [0.2, 0.25) is 0 Å². The number of aryl methyl sites for hydroxylation is 1. The molecule has 0 aliphatic carbocycles. The second-order valence-electron chi connectivity index (χ2n) is 4.40. The molecule has 0 saturated heterocycles. The summed E-state index contributed by atoms with van der Waals surface area (Å²) in [5.74, 6) is -1.10. The largest absolute Gasteiger partial charge is 0.476 e. The Morgan fingerprint density at radius 1 is 1.41 bits per heavy atom. The molecule has 1 aromatic carbocycles. The van der Waals surface area contributed by atoms with Crippen LogP contribution in [0.5, 0.6) is 0 Å². The number of halogens is 2. The third-order valence-corrected chi connectivity index (χ3v) is 4.69. The van der Waals surface area contributed by atoms with Gasteiger partial charge in [0, 0.05) is 15.7 Å². The van der Waals surface area contributed by atoms with E-state index >= 15 is 0 Å². The van der Waals surface area contributed by atoms with E-state index in [1.165, 1.54) is 18.0 Å². The average Bonchev–Trinajstić information content (AvgIpc) is 2.44. The van der Waals surface area contributed by atoms with Crippen LogP contribution in [0.2, 0.25) is 10.0 Å². The number of aromatic nitrogens is 2. The van der Waals surface area contributed by atoms with Crippen LogP contribution in [0.1, 0.15) is 21.7 Å². The van der Waals surface area contributed by atoms with E-state index in [2.05, 4.69) is 4.98 Å². The van der Waals surface area contributed by atoms with E-state index in [0.717, 1.165) is 10.5 Å². The van der Waals surface area contributed by atoms with E-state index in [9.17, 15) is 10.0 Å². The summed E-state index contributed by atoms with van der Waals surface area (Å²) in [5.41, 5.74) is 0.0802. The number of hydrogen-bond acceptors (Lipinski definition) is 5. The van der Waals surface area contributed by atoms with Crippen molar-refractivity contribution >= 4 is 40.9 Å². The minimum Gasteiger partial charge on any atom is -0.476 e. The maximum absolute atomic E-state index is 11.0. The molecule has 3 N–H and O–H groups in total. The van der Waals surface area contributed by atoms with Crippen LogP contribution in [-0.4, -0.2) is 26.0 Å². The number of thioether (sulfide) groups is 1. The van der Waals surface area contributed by atoms with Crippen molar-refractivity contribution in [1.29, 1.82) is 5.41 Å². The Balaban J connectivity index is 2.28. The maximum Gasteiger partial charge on any atom is 0.358 e. The minimum atomic E-state index is -1.37. The Kier molecular flexibility index (Phi) is 5.00. The van der Waals surface area contributed by atoms with Crippen LogP contribution in [0.15, 0.2) is 23.2 Å². The predicted octanol–water partition coefficient (Wildman–Crippen LogP) is 3.21. The molecule has 116 valence electrons. The third kappa shape index (κ3) is 3.55. The van der Waals surface area contributed by atoms with Crippen LogP contribution in [-0.2, 0) is 5.75 Å². The highest BCUT2D eigenvalue weighted by molar-refractivity contribution is 7.98. The lowest BCUT2D eigenvalue weighted by Crippen LogP contribution is -2.27. The predicted molar refractivity (Wildman–Crippen MR) is 83.0 cm³/mol. The van der Waals surface area contributed by atoms with Gasteiger partial charge < -0.3 is 10.3 Å². The van der Waals surface area contributed by atoms with Gasteiger partial charge in [0.25, 0.3) is 0 Å². The molecule has 0 aliphatic rings. The van der Waals surface area contributed by atoms with Crippen LogP contribution < -0.4 is 5.49 Å². The van der Waals surface area contributed by atoms with Gasteiger partial charge in [0.15, 0.2) is 11.2 Å². The van der Waals surface area contributed by atoms with Gasteiger partial charge in [-0.2, -0.15) is 4.73 Å². The first-order valence-corrected chi connectivity index (χ1v) is 7.72. The lowest BCUT2D eigenvalue weighted by molar-refractivity contribution is 0.0677. The van der Waals surface area contributed by atoms with E-state index in [0.29, 0.717) is 20.5 Å². The highest BCUT2D eigenvalue weighted by Crippen LogP contribution is 2.33. The molecule has 2 rings (SSSR count). The summed E-state index contributed by atoms with van der Waals surface area (Å²) < 4.78 is 0.432. The molecule has 0 bridgehead atoms. The fraction of sp³-hybridized carbons (Fsp3) is 0.154. The quantitative estimate of drug-likeness (QED) is 0.574. The first-order chi connectivity index (χ1) is 10.3. The van der Waals surface area contributed by atoms with Crippen LogP contribution in [0.3, 0.4) is 0 Å². The molecule has 0 atom stereocenters. The van der Waals surface area contributed by atoms with Crippen LogP contribution in [0, 0.1) is 12.3 Å². The Labute approximate surface area is 139 Å². The van der Waals surface area contributed by atoms with Gasteiger partial charge in [-0.25, -0.2) is 9.78 Å². The molecule has 9 heteroatoms. The van der Waals surface area contributed by atoms with E-state index in [1.807, 2.05) is 13.0 Å². The van der Waals surface area contributed by atoms with E-state index in [1.54, 1.807) is 6.07 Å². The fourth-order valence-electron chi connectivity index (χ4n) is 1.65. The van der Waals surface area contributed by atoms with Gasteiger partial charge in [-0.15, -0.1) is 11.8 Å². The number of aromatic carboxylic acids is 1. The molecule has 1 aromatic heterocycles. The molecule has 6 nitrogen and oxygen atoms in total. The second-order valence-corrected chi connectivity index (χ2v) is 6.23. The van der Waals surface area contributed by atoms with Crippen molar-refractivity contribution in [2.24, 2.45) is 0 Å². The molecule has 0 saturated carbocycles. The minimum absolute atomic E-state index is 0.280. The molecule has 22 heavy (non-hydrogen) atoms. The highest BCUT2D eigenvalue weighted by atomic mass is 35.5. The molecule has 0 unspecified atom stereocenters. The summed E-state index contributed by atoms with van der Waals surface area (Å²) in [5, 5.41) is 27.0. The first kappa shape index (κ1) is 16.7. The zero-order valence-corrected chi connectivity index (χ0v) is 13.6. The van der Waals surface area contributed by atoms with Crippen LogP contribution >= 0.6 is 35.0 Å². The smallest absolute Gasteiger partial charge is 0.358 e. The van der Waals surface area contributed by atoms with Crippen molar-refractivity contribution in [3.05, 3.63) is 50.8 Å². The molecule has 0 amide bonds. The number of nitrogens with one attached hydrogen (secondary N) is 1. The van der Waals surface area contributed by atoms with Crippen molar-refractivity contribution in [3.63, 3.8) is 0 Å². The van der Waals surface area contributed by atoms with E-state index < -0.39 is 17.2 Å². The van der Waals surface area contributed by atoms with Gasteiger partial charge in [0.1, 0.15) is 0 Å². The lowest BCUT2D eigenvalue weighted by Gasteiger charge is -2.08. The Bertz CT molecular complexity index is 808. The summed E-state index contributed by atoms with van der Waals surface area (Å²) >= 11 is 13.4. The zero-order valence-electron chi connectivity index (χ0n) is 11.3. The third-order valence-electron chi connectivity index (χ3n) is 2.77.